The molecule has 2 heterocycles. The van der Waals surface area contributed by atoms with Crippen LogP contribution in [0.15, 0.2) is 28.8 Å². The molecule has 1 aromatic heterocycles. The predicted molar refractivity (Wildman–Crippen MR) is 86.7 cm³/mol. The number of hydrogen-bond acceptors (Lipinski definition) is 8. The molecule has 0 spiro atoms. The van der Waals surface area contributed by atoms with Gasteiger partial charge in [-0.25, -0.2) is 4.79 Å². The molecule has 0 saturated carbocycles. The number of fused-ring (bicyclic) bond motifs is 1. The van der Waals surface area contributed by atoms with Gasteiger partial charge in [0.1, 0.15) is 5.76 Å². The molecular weight excluding hydrogens is 344 g/mol. The van der Waals surface area contributed by atoms with E-state index in [2.05, 4.69) is 10.5 Å². The van der Waals surface area contributed by atoms with E-state index < -0.39 is 18.0 Å². The molecule has 0 radical (unpaired) electrons. The van der Waals surface area contributed by atoms with Gasteiger partial charge < -0.3 is 28.8 Å². The van der Waals surface area contributed by atoms with Gasteiger partial charge in [-0.2, -0.15) is 0 Å². The third-order valence-corrected chi connectivity index (χ3v) is 3.53. The molecular formula is C17H18N2O7. The first-order valence-electron chi connectivity index (χ1n) is 7.93. The van der Waals surface area contributed by atoms with E-state index in [9.17, 15) is 9.59 Å². The van der Waals surface area contributed by atoms with Gasteiger partial charge in [0.05, 0.1) is 0 Å². The fraction of sp³-hybridized carbons (Fsp3) is 0.353. The summed E-state index contributed by atoms with van der Waals surface area (Å²) in [5.74, 6) is 0.940. The highest BCUT2D eigenvalue weighted by molar-refractivity contribution is 5.83. The van der Waals surface area contributed by atoms with E-state index in [4.69, 9.17) is 23.5 Å². The van der Waals surface area contributed by atoms with E-state index in [1.165, 1.54) is 13.0 Å². The first-order valence-corrected chi connectivity index (χ1v) is 7.93. The maximum absolute atomic E-state index is 12.1. The summed E-state index contributed by atoms with van der Waals surface area (Å²) in [4.78, 5) is 23.8. The monoisotopic (exact) mass is 362 g/mol. The van der Waals surface area contributed by atoms with E-state index >= 15 is 0 Å². The van der Waals surface area contributed by atoms with Crippen molar-refractivity contribution in [2.45, 2.75) is 26.5 Å². The number of nitrogens with zero attached hydrogens (tertiary/aromatic N) is 1. The summed E-state index contributed by atoms with van der Waals surface area (Å²) in [5.41, 5.74) is 0.839. The van der Waals surface area contributed by atoms with E-state index in [0.717, 1.165) is 5.56 Å². The Morgan fingerprint density at radius 2 is 2.08 bits per heavy atom. The number of aryl methyl sites for hydroxylation is 1. The highest BCUT2D eigenvalue weighted by Crippen LogP contribution is 2.32. The van der Waals surface area contributed by atoms with Crippen LogP contribution in [0.4, 0.5) is 0 Å². The summed E-state index contributed by atoms with van der Waals surface area (Å²) in [5, 5.41) is 6.28. The minimum absolute atomic E-state index is 0.180. The van der Waals surface area contributed by atoms with Gasteiger partial charge in [0.25, 0.3) is 11.8 Å². The Labute approximate surface area is 149 Å². The number of carbonyl (C=O) groups is 2. The molecule has 1 aromatic carbocycles. The number of ether oxygens (including phenoxy) is 4. The van der Waals surface area contributed by atoms with Gasteiger partial charge in [-0.1, -0.05) is 6.07 Å². The van der Waals surface area contributed by atoms with Crippen LogP contribution >= 0.6 is 0 Å². The lowest BCUT2D eigenvalue weighted by molar-refractivity contribution is -0.156. The molecule has 0 unspecified atom stereocenters. The SMILES string of the molecule is Cc1cc(OCC(=O)O[C@H](C)C(=O)NCc2ccc3c(c2)OCO3)no1. The van der Waals surface area contributed by atoms with E-state index in [1.807, 2.05) is 6.07 Å². The molecule has 1 aliphatic heterocycles. The third-order valence-electron chi connectivity index (χ3n) is 3.53. The summed E-state index contributed by atoms with van der Waals surface area (Å²) in [7, 11) is 0. The molecule has 1 amide bonds. The quantitative estimate of drug-likeness (QED) is 0.735. The second-order valence-electron chi connectivity index (χ2n) is 5.60. The van der Waals surface area contributed by atoms with Crippen LogP contribution in [-0.2, 0) is 20.9 Å². The number of nitrogens with one attached hydrogen (secondary N) is 1. The topological polar surface area (TPSA) is 109 Å². The highest BCUT2D eigenvalue weighted by Gasteiger charge is 2.19. The van der Waals surface area contributed by atoms with Crippen molar-refractivity contribution in [1.29, 1.82) is 0 Å². The largest absolute Gasteiger partial charge is 0.463 e. The number of amides is 1. The van der Waals surface area contributed by atoms with Gasteiger partial charge in [0, 0.05) is 12.6 Å². The number of hydrogen-bond donors (Lipinski definition) is 1. The zero-order chi connectivity index (χ0) is 18.5. The van der Waals surface area contributed by atoms with Crippen molar-refractivity contribution >= 4 is 11.9 Å². The van der Waals surface area contributed by atoms with Crippen LogP contribution in [0.3, 0.4) is 0 Å². The molecule has 2 aromatic rings. The maximum atomic E-state index is 12.1. The summed E-state index contributed by atoms with van der Waals surface area (Å²) in [6.07, 6.45) is -0.959. The highest BCUT2D eigenvalue weighted by atomic mass is 16.7. The number of benzene rings is 1. The second-order valence-corrected chi connectivity index (χ2v) is 5.60. The lowest BCUT2D eigenvalue weighted by atomic mass is 10.2. The zero-order valence-electron chi connectivity index (χ0n) is 14.3. The summed E-state index contributed by atoms with van der Waals surface area (Å²) in [6.45, 7) is 3.27. The minimum atomic E-state index is -0.959. The average Bonchev–Trinajstić information content (AvgIpc) is 3.25. The second kappa shape index (κ2) is 7.77. The number of rotatable bonds is 7. The van der Waals surface area contributed by atoms with Crippen LogP contribution in [0.1, 0.15) is 18.2 Å². The van der Waals surface area contributed by atoms with Crippen molar-refractivity contribution in [3.8, 4) is 17.4 Å². The number of esters is 1. The van der Waals surface area contributed by atoms with Crippen molar-refractivity contribution in [2.24, 2.45) is 0 Å². The fourth-order valence-electron chi connectivity index (χ4n) is 2.21. The van der Waals surface area contributed by atoms with Gasteiger partial charge in [-0.15, -0.1) is 0 Å². The van der Waals surface area contributed by atoms with Crippen molar-refractivity contribution < 1.29 is 33.1 Å². The molecule has 26 heavy (non-hydrogen) atoms. The molecule has 3 rings (SSSR count). The zero-order valence-corrected chi connectivity index (χ0v) is 14.3. The van der Waals surface area contributed by atoms with Crippen LogP contribution in [0, 0.1) is 6.92 Å². The Bertz CT molecular complexity index is 802. The first kappa shape index (κ1) is 17.6. The summed E-state index contributed by atoms with van der Waals surface area (Å²) in [6, 6.07) is 6.91. The molecule has 0 aliphatic carbocycles. The van der Waals surface area contributed by atoms with Gasteiger partial charge in [0.15, 0.2) is 24.2 Å². The molecule has 0 fully saturated rings. The van der Waals surface area contributed by atoms with E-state index in [-0.39, 0.29) is 25.8 Å². The van der Waals surface area contributed by atoms with E-state index in [0.29, 0.717) is 17.3 Å². The smallest absolute Gasteiger partial charge is 0.345 e. The van der Waals surface area contributed by atoms with Gasteiger partial charge in [0.2, 0.25) is 6.79 Å². The Balaban J connectivity index is 1.41. The molecule has 1 atom stereocenters. The van der Waals surface area contributed by atoms with Gasteiger partial charge >= 0.3 is 5.97 Å². The van der Waals surface area contributed by atoms with Crippen LogP contribution in [-0.4, -0.2) is 36.5 Å². The van der Waals surface area contributed by atoms with E-state index in [1.54, 1.807) is 19.1 Å². The normalized spacial score (nSPS) is 13.2. The fourth-order valence-corrected chi connectivity index (χ4v) is 2.21. The summed E-state index contributed by atoms with van der Waals surface area (Å²) >= 11 is 0. The molecule has 0 saturated heterocycles. The summed E-state index contributed by atoms with van der Waals surface area (Å²) < 4.78 is 25.4. The Morgan fingerprint density at radius 3 is 2.85 bits per heavy atom. The molecule has 1 N–H and O–H groups in total. The van der Waals surface area contributed by atoms with Crippen LogP contribution < -0.4 is 19.5 Å². The minimum Gasteiger partial charge on any atom is -0.463 e. The molecule has 0 bridgehead atoms. The standard InChI is InChI=1S/C17H18N2O7/c1-10-5-15(19-26-10)22-8-16(20)25-11(2)17(21)18-7-12-3-4-13-14(6-12)24-9-23-13/h3-6,11H,7-9H2,1-2H3,(H,18,21)/t11-/m1/s1. The Morgan fingerprint density at radius 1 is 1.27 bits per heavy atom. The lowest BCUT2D eigenvalue weighted by Gasteiger charge is -2.13. The Hall–Kier alpha value is -3.23. The molecule has 9 nitrogen and oxygen atoms in total. The molecule has 9 heteroatoms. The Kier molecular flexibility index (Phi) is 5.26. The van der Waals surface area contributed by atoms with Crippen molar-refractivity contribution in [3.63, 3.8) is 0 Å². The molecule has 138 valence electrons. The van der Waals surface area contributed by atoms with Crippen LogP contribution in [0.5, 0.6) is 17.4 Å². The van der Waals surface area contributed by atoms with Gasteiger partial charge in [-0.05, 0) is 36.7 Å². The van der Waals surface area contributed by atoms with Crippen molar-refractivity contribution in [3.05, 3.63) is 35.6 Å². The van der Waals surface area contributed by atoms with Crippen LogP contribution in [0.2, 0.25) is 0 Å². The van der Waals surface area contributed by atoms with Crippen molar-refractivity contribution in [1.82, 2.24) is 10.5 Å². The average molecular weight is 362 g/mol. The third kappa shape index (κ3) is 4.44. The number of carbonyl (C=O) groups excluding carboxylic acids is 2. The lowest BCUT2D eigenvalue weighted by Crippen LogP contribution is -2.36. The maximum Gasteiger partial charge on any atom is 0.345 e. The van der Waals surface area contributed by atoms with Crippen molar-refractivity contribution in [2.75, 3.05) is 13.4 Å². The van der Waals surface area contributed by atoms with Crippen LogP contribution in [0.25, 0.3) is 0 Å². The van der Waals surface area contributed by atoms with Gasteiger partial charge in [-0.3, -0.25) is 4.79 Å². The number of aromatic nitrogens is 1. The molecule has 1 aliphatic rings. The predicted octanol–water partition coefficient (Wildman–Crippen LogP) is 1.34. The first-order chi connectivity index (χ1) is 12.5.